The summed E-state index contributed by atoms with van der Waals surface area (Å²) in [6.45, 7) is 4.60. The van der Waals surface area contributed by atoms with Crippen LogP contribution < -0.4 is 10.6 Å². The molecule has 14 heavy (non-hydrogen) atoms. The number of nitrogens with one attached hydrogen (secondary N) is 2. The molecule has 0 bridgehead atoms. The van der Waals surface area contributed by atoms with Crippen LogP contribution in [0.1, 0.15) is 17.7 Å². The monoisotopic (exact) mass is 210 g/mol. The Kier molecular flexibility index (Phi) is 3.98. The van der Waals surface area contributed by atoms with E-state index in [1.54, 1.807) is 0 Å². The Morgan fingerprint density at radius 2 is 2.57 bits per heavy atom. The van der Waals surface area contributed by atoms with Crippen molar-refractivity contribution in [3.8, 4) is 0 Å². The lowest BCUT2D eigenvalue weighted by Gasteiger charge is -2.22. The predicted molar refractivity (Wildman–Crippen MR) is 61.6 cm³/mol. The highest BCUT2D eigenvalue weighted by Gasteiger charge is 2.11. The van der Waals surface area contributed by atoms with Gasteiger partial charge in [0.1, 0.15) is 0 Å². The molecule has 1 atom stereocenters. The molecule has 0 amide bonds. The lowest BCUT2D eigenvalue weighted by molar-refractivity contribution is 0.360. The third-order valence-corrected chi connectivity index (χ3v) is 3.59. The maximum atomic E-state index is 3.53. The van der Waals surface area contributed by atoms with Gasteiger partial charge in [-0.25, -0.2) is 0 Å². The quantitative estimate of drug-likeness (QED) is 0.792. The van der Waals surface area contributed by atoms with Gasteiger partial charge in [0.15, 0.2) is 0 Å². The van der Waals surface area contributed by atoms with Crippen LogP contribution in [0.2, 0.25) is 0 Å². The Hall–Kier alpha value is -0.380. The molecule has 0 aromatic carbocycles. The molecule has 78 valence electrons. The molecule has 1 aliphatic rings. The van der Waals surface area contributed by atoms with Crippen molar-refractivity contribution < 1.29 is 0 Å². The summed E-state index contributed by atoms with van der Waals surface area (Å²) in [6.07, 6.45) is 2.72. The molecule has 2 N–H and O–H groups in total. The fourth-order valence-corrected chi connectivity index (χ4v) is 2.59. The van der Waals surface area contributed by atoms with E-state index in [0.29, 0.717) is 0 Å². The molecule has 0 spiro atoms. The first-order valence-corrected chi connectivity index (χ1v) is 6.27. The van der Waals surface area contributed by atoms with Gasteiger partial charge in [0.25, 0.3) is 0 Å². The first kappa shape index (κ1) is 10.1. The van der Waals surface area contributed by atoms with Gasteiger partial charge in [-0.15, -0.1) is 11.3 Å². The Bertz CT molecular complexity index is 240. The molecule has 1 aromatic rings. The minimum Gasteiger partial charge on any atom is -0.316 e. The van der Waals surface area contributed by atoms with Gasteiger partial charge < -0.3 is 10.6 Å². The standard InChI is InChI=1S/C11H18N2S/c1-3-10(7-12-5-1)8-13-9-11-4-2-6-14-11/h2,4,6,10,12-13H,1,3,5,7-9H2. The van der Waals surface area contributed by atoms with Crippen LogP contribution in [0.15, 0.2) is 17.5 Å². The van der Waals surface area contributed by atoms with Crippen molar-refractivity contribution in [2.75, 3.05) is 19.6 Å². The minimum atomic E-state index is 0.837. The van der Waals surface area contributed by atoms with E-state index in [9.17, 15) is 0 Å². The van der Waals surface area contributed by atoms with Crippen LogP contribution in [0.3, 0.4) is 0 Å². The zero-order valence-electron chi connectivity index (χ0n) is 8.46. The summed E-state index contributed by atoms with van der Waals surface area (Å²) in [4.78, 5) is 1.44. The minimum absolute atomic E-state index is 0.837. The maximum absolute atomic E-state index is 3.53. The van der Waals surface area contributed by atoms with E-state index in [1.165, 1.54) is 30.8 Å². The number of rotatable bonds is 4. The second kappa shape index (κ2) is 5.49. The summed E-state index contributed by atoms with van der Waals surface area (Å²) >= 11 is 1.83. The average molecular weight is 210 g/mol. The molecule has 1 fully saturated rings. The molecule has 1 unspecified atom stereocenters. The van der Waals surface area contributed by atoms with E-state index in [0.717, 1.165) is 19.0 Å². The van der Waals surface area contributed by atoms with E-state index in [-0.39, 0.29) is 0 Å². The Morgan fingerprint density at radius 3 is 3.29 bits per heavy atom. The molecule has 0 radical (unpaired) electrons. The van der Waals surface area contributed by atoms with E-state index < -0.39 is 0 Å². The Labute approximate surface area is 89.7 Å². The van der Waals surface area contributed by atoms with Crippen molar-refractivity contribution >= 4 is 11.3 Å². The van der Waals surface area contributed by atoms with Crippen LogP contribution in [0.25, 0.3) is 0 Å². The summed E-state index contributed by atoms with van der Waals surface area (Å²) in [5, 5.41) is 9.11. The number of thiophene rings is 1. The van der Waals surface area contributed by atoms with Gasteiger partial charge in [-0.2, -0.15) is 0 Å². The molecule has 1 aliphatic heterocycles. The highest BCUT2D eigenvalue weighted by atomic mass is 32.1. The molecule has 0 saturated carbocycles. The van der Waals surface area contributed by atoms with E-state index in [2.05, 4.69) is 28.1 Å². The first-order valence-electron chi connectivity index (χ1n) is 5.39. The van der Waals surface area contributed by atoms with E-state index in [1.807, 2.05) is 11.3 Å². The average Bonchev–Trinajstić information content (AvgIpc) is 2.72. The highest BCUT2D eigenvalue weighted by Crippen LogP contribution is 2.10. The van der Waals surface area contributed by atoms with Crippen molar-refractivity contribution in [1.82, 2.24) is 10.6 Å². The van der Waals surface area contributed by atoms with Crippen LogP contribution in [-0.4, -0.2) is 19.6 Å². The second-order valence-electron chi connectivity index (χ2n) is 3.92. The molecule has 2 nitrogen and oxygen atoms in total. The number of piperidine rings is 1. The van der Waals surface area contributed by atoms with Gasteiger partial charge in [0.05, 0.1) is 0 Å². The van der Waals surface area contributed by atoms with Gasteiger partial charge in [0.2, 0.25) is 0 Å². The molecular formula is C11H18N2S. The topological polar surface area (TPSA) is 24.1 Å². The van der Waals surface area contributed by atoms with Crippen molar-refractivity contribution in [3.05, 3.63) is 22.4 Å². The fourth-order valence-electron chi connectivity index (χ4n) is 1.91. The van der Waals surface area contributed by atoms with Crippen molar-refractivity contribution in [2.24, 2.45) is 5.92 Å². The first-order chi connectivity index (χ1) is 6.95. The summed E-state index contributed by atoms with van der Waals surface area (Å²) in [7, 11) is 0. The highest BCUT2D eigenvalue weighted by molar-refractivity contribution is 7.09. The van der Waals surface area contributed by atoms with Crippen molar-refractivity contribution in [3.63, 3.8) is 0 Å². The summed E-state index contributed by atoms with van der Waals surface area (Å²) < 4.78 is 0. The van der Waals surface area contributed by atoms with Gasteiger partial charge in [0, 0.05) is 11.4 Å². The molecule has 1 aromatic heterocycles. The molecule has 1 saturated heterocycles. The zero-order valence-corrected chi connectivity index (χ0v) is 9.28. The largest absolute Gasteiger partial charge is 0.316 e. The summed E-state index contributed by atoms with van der Waals surface area (Å²) in [5.74, 6) is 0.837. The SMILES string of the molecule is c1csc(CNCC2CCCNC2)c1. The second-order valence-corrected chi connectivity index (χ2v) is 4.95. The normalized spacial score (nSPS) is 22.4. The Balaban J connectivity index is 1.62. The van der Waals surface area contributed by atoms with Gasteiger partial charge >= 0.3 is 0 Å². The summed E-state index contributed by atoms with van der Waals surface area (Å²) in [6, 6.07) is 4.31. The zero-order chi connectivity index (χ0) is 9.64. The molecular weight excluding hydrogens is 192 g/mol. The molecule has 2 rings (SSSR count). The van der Waals surface area contributed by atoms with Gasteiger partial charge in [-0.05, 0) is 49.8 Å². The smallest absolute Gasteiger partial charge is 0.0299 e. The van der Waals surface area contributed by atoms with Crippen LogP contribution in [0.4, 0.5) is 0 Å². The third kappa shape index (κ3) is 3.08. The van der Waals surface area contributed by atoms with E-state index in [4.69, 9.17) is 0 Å². The molecule has 0 aliphatic carbocycles. The molecule has 2 heterocycles. The van der Waals surface area contributed by atoms with E-state index >= 15 is 0 Å². The predicted octanol–water partition coefficient (Wildman–Crippen LogP) is 1.84. The van der Waals surface area contributed by atoms with Crippen LogP contribution in [0, 0.1) is 5.92 Å². The third-order valence-electron chi connectivity index (χ3n) is 2.71. The Morgan fingerprint density at radius 1 is 1.57 bits per heavy atom. The van der Waals surface area contributed by atoms with Crippen LogP contribution >= 0.6 is 11.3 Å². The lowest BCUT2D eigenvalue weighted by Crippen LogP contribution is -2.35. The van der Waals surface area contributed by atoms with Gasteiger partial charge in [-0.3, -0.25) is 0 Å². The van der Waals surface area contributed by atoms with Crippen molar-refractivity contribution in [1.29, 1.82) is 0 Å². The maximum Gasteiger partial charge on any atom is 0.0299 e. The lowest BCUT2D eigenvalue weighted by atomic mass is 10.00. The fraction of sp³-hybridized carbons (Fsp3) is 0.636. The number of hydrogen-bond donors (Lipinski definition) is 2. The molecule has 3 heteroatoms. The van der Waals surface area contributed by atoms with Crippen LogP contribution in [0.5, 0.6) is 0 Å². The summed E-state index contributed by atoms with van der Waals surface area (Å²) in [5.41, 5.74) is 0. The van der Waals surface area contributed by atoms with Gasteiger partial charge in [-0.1, -0.05) is 6.07 Å². The number of hydrogen-bond acceptors (Lipinski definition) is 3. The van der Waals surface area contributed by atoms with Crippen LogP contribution in [-0.2, 0) is 6.54 Å². The van der Waals surface area contributed by atoms with Crippen molar-refractivity contribution in [2.45, 2.75) is 19.4 Å².